The molecule has 9 aromatic carbocycles. The predicted octanol–water partition coefficient (Wildman–Crippen LogP) is 16.6. The zero-order chi connectivity index (χ0) is 45.0. The van der Waals surface area contributed by atoms with Gasteiger partial charge in [-0.3, -0.25) is 0 Å². The summed E-state index contributed by atoms with van der Waals surface area (Å²) in [6.07, 6.45) is 0. The lowest BCUT2D eigenvalue weighted by molar-refractivity contribution is 0.437. The number of para-hydroxylation sites is 3. The molecule has 1 spiro atoms. The molecule has 0 bridgehead atoms. The summed E-state index contributed by atoms with van der Waals surface area (Å²) in [6, 6.07) is 79.2. The average molecular weight is 852 g/mol. The fraction of sp³-hybridized carbons (Fsp3) is 0.156. The van der Waals surface area contributed by atoms with Crippen LogP contribution in [0.1, 0.15) is 97.2 Å². The predicted molar refractivity (Wildman–Crippen MR) is 273 cm³/mol. The first kappa shape index (κ1) is 40.1. The van der Waals surface area contributed by atoms with Crippen LogP contribution in [0.2, 0.25) is 0 Å². The van der Waals surface area contributed by atoms with Crippen LogP contribution >= 0.6 is 0 Å². The van der Waals surface area contributed by atoms with Crippen LogP contribution in [0.5, 0.6) is 11.5 Å². The van der Waals surface area contributed by atoms with Crippen molar-refractivity contribution in [3.05, 3.63) is 268 Å². The van der Waals surface area contributed by atoms with E-state index < -0.39 is 10.8 Å². The first-order valence-electron chi connectivity index (χ1n) is 23.4. The second kappa shape index (κ2) is 14.5. The van der Waals surface area contributed by atoms with Crippen molar-refractivity contribution >= 4 is 17.1 Å². The van der Waals surface area contributed by atoms with Crippen LogP contribution in [0.4, 0.5) is 17.1 Å². The third kappa shape index (κ3) is 5.67. The van der Waals surface area contributed by atoms with Crippen LogP contribution in [0.25, 0.3) is 22.3 Å². The molecule has 9 aromatic rings. The summed E-state index contributed by atoms with van der Waals surface area (Å²) in [5.41, 5.74) is 19.5. The van der Waals surface area contributed by atoms with Crippen LogP contribution in [0.15, 0.2) is 212 Å². The van der Waals surface area contributed by atoms with Gasteiger partial charge in [0.15, 0.2) is 5.75 Å². The Hall–Kier alpha value is -7.42. The highest BCUT2D eigenvalue weighted by atomic mass is 16.5. The number of ether oxygens (including phenoxy) is 1. The van der Waals surface area contributed by atoms with E-state index in [1.807, 2.05) is 0 Å². The van der Waals surface area contributed by atoms with Crippen molar-refractivity contribution in [3.63, 3.8) is 0 Å². The van der Waals surface area contributed by atoms with E-state index in [0.717, 1.165) is 34.1 Å². The maximum Gasteiger partial charge on any atom is 0.156 e. The van der Waals surface area contributed by atoms with Crippen LogP contribution in [-0.2, 0) is 21.7 Å². The smallest absolute Gasteiger partial charge is 0.156 e. The summed E-state index contributed by atoms with van der Waals surface area (Å²) in [7, 11) is 0. The summed E-state index contributed by atoms with van der Waals surface area (Å²) >= 11 is 0. The van der Waals surface area contributed by atoms with E-state index in [1.54, 1.807) is 0 Å². The SMILES string of the molecule is CC(C)(C)c1ccc2c(c1)C1(c3ccccc3Oc3c(N(c4ccccc4)c4ccc5c(c4)C(c4ccccc4)(c4ccccc4)c4ccccc4-5)cccc31)c1cc(C(C)(C)C)ccc1-2. The molecule has 320 valence electrons. The number of anilines is 3. The number of nitrogens with zero attached hydrogens (tertiary/aromatic N) is 1. The van der Waals surface area contributed by atoms with Crippen LogP contribution in [0, 0.1) is 0 Å². The molecule has 0 aromatic heterocycles. The Balaban J connectivity index is 1.16. The lowest BCUT2D eigenvalue weighted by atomic mass is 9.64. The van der Waals surface area contributed by atoms with E-state index in [2.05, 4.69) is 259 Å². The molecule has 0 unspecified atom stereocenters. The van der Waals surface area contributed by atoms with Gasteiger partial charge in [0.1, 0.15) is 5.75 Å². The monoisotopic (exact) mass is 851 g/mol. The van der Waals surface area contributed by atoms with Crippen molar-refractivity contribution in [3.8, 4) is 33.8 Å². The third-order valence-corrected chi connectivity index (χ3v) is 14.7. The molecule has 12 rings (SSSR count). The highest BCUT2D eigenvalue weighted by Gasteiger charge is 2.53. The van der Waals surface area contributed by atoms with E-state index in [1.165, 1.54) is 72.3 Å². The number of hydrogen-bond acceptors (Lipinski definition) is 2. The molecule has 3 aliphatic rings. The molecule has 66 heavy (non-hydrogen) atoms. The third-order valence-electron chi connectivity index (χ3n) is 14.7. The largest absolute Gasteiger partial charge is 0.454 e. The Morgan fingerprint density at radius 1 is 0.348 bits per heavy atom. The highest BCUT2D eigenvalue weighted by Crippen LogP contribution is 2.65. The lowest BCUT2D eigenvalue weighted by Gasteiger charge is -2.42. The number of hydrogen-bond donors (Lipinski definition) is 0. The van der Waals surface area contributed by atoms with Gasteiger partial charge in [-0.25, -0.2) is 0 Å². The Bertz CT molecular complexity index is 3250. The minimum atomic E-state index is -0.648. The molecule has 0 N–H and O–H groups in total. The molecule has 1 heterocycles. The molecule has 0 fully saturated rings. The normalized spacial score (nSPS) is 14.6. The van der Waals surface area contributed by atoms with Gasteiger partial charge in [-0.1, -0.05) is 217 Å². The van der Waals surface area contributed by atoms with Crippen LogP contribution in [0.3, 0.4) is 0 Å². The average Bonchev–Trinajstić information content (AvgIpc) is 3.80. The van der Waals surface area contributed by atoms with Gasteiger partial charge in [0.25, 0.3) is 0 Å². The van der Waals surface area contributed by atoms with E-state index in [0.29, 0.717) is 0 Å². The maximum absolute atomic E-state index is 7.43. The Morgan fingerprint density at radius 3 is 1.41 bits per heavy atom. The first-order valence-corrected chi connectivity index (χ1v) is 23.4. The van der Waals surface area contributed by atoms with Crippen LogP contribution < -0.4 is 9.64 Å². The van der Waals surface area contributed by atoms with E-state index in [-0.39, 0.29) is 10.8 Å². The molecule has 1 aliphatic heterocycles. The lowest BCUT2D eigenvalue weighted by Crippen LogP contribution is -2.33. The standard InChI is InChI=1S/C64H53NO/c1-61(2,3)44-33-36-49-50-37-34-45(62(4,5)6)40-56(50)64(55(49)39-44)53-29-18-19-32-59(53)66-60-54(64)30-20-31-58(60)65(46-25-14-9-15-26-46)47-35-38-51-48-27-16-17-28-52(48)63(57(51)41-47,42-21-10-7-11-22-42)43-23-12-8-13-24-43/h7-41H,1-6H3. The molecule has 0 atom stereocenters. The van der Waals surface area contributed by atoms with E-state index in [4.69, 9.17) is 4.74 Å². The summed E-state index contributed by atoms with van der Waals surface area (Å²) in [5, 5.41) is 0. The van der Waals surface area contributed by atoms with Gasteiger partial charge in [-0.05, 0) is 114 Å². The second-order valence-electron chi connectivity index (χ2n) is 20.5. The van der Waals surface area contributed by atoms with Gasteiger partial charge in [0.05, 0.1) is 16.5 Å². The molecule has 0 saturated heterocycles. The van der Waals surface area contributed by atoms with E-state index in [9.17, 15) is 0 Å². The number of fused-ring (bicyclic) bond motifs is 12. The molecular formula is C64H53NO. The quantitative estimate of drug-likeness (QED) is 0.171. The minimum Gasteiger partial charge on any atom is -0.454 e. The van der Waals surface area contributed by atoms with Gasteiger partial charge < -0.3 is 9.64 Å². The molecule has 2 aliphatic carbocycles. The van der Waals surface area contributed by atoms with Crippen molar-refractivity contribution in [2.75, 3.05) is 4.90 Å². The summed E-state index contributed by atoms with van der Waals surface area (Å²) in [4.78, 5) is 2.43. The Morgan fingerprint density at radius 2 is 0.818 bits per heavy atom. The molecule has 0 amide bonds. The van der Waals surface area contributed by atoms with Crippen molar-refractivity contribution in [1.82, 2.24) is 0 Å². The topological polar surface area (TPSA) is 12.5 Å². The van der Waals surface area contributed by atoms with Crippen LogP contribution in [-0.4, -0.2) is 0 Å². The van der Waals surface area contributed by atoms with Gasteiger partial charge >= 0.3 is 0 Å². The highest BCUT2D eigenvalue weighted by molar-refractivity contribution is 5.94. The van der Waals surface area contributed by atoms with Gasteiger partial charge in [0, 0.05) is 22.5 Å². The fourth-order valence-corrected chi connectivity index (χ4v) is 11.6. The zero-order valence-corrected chi connectivity index (χ0v) is 38.6. The first-order chi connectivity index (χ1) is 32.0. The zero-order valence-electron chi connectivity index (χ0n) is 38.6. The maximum atomic E-state index is 7.43. The fourth-order valence-electron chi connectivity index (χ4n) is 11.6. The Kier molecular flexibility index (Phi) is 8.84. The second-order valence-corrected chi connectivity index (χ2v) is 20.5. The van der Waals surface area contributed by atoms with Gasteiger partial charge in [-0.15, -0.1) is 0 Å². The summed E-state index contributed by atoms with van der Waals surface area (Å²) in [6.45, 7) is 13.9. The van der Waals surface area contributed by atoms with Gasteiger partial charge in [0.2, 0.25) is 0 Å². The molecule has 2 heteroatoms. The summed E-state index contributed by atoms with van der Waals surface area (Å²) < 4.78 is 7.43. The van der Waals surface area contributed by atoms with E-state index >= 15 is 0 Å². The number of rotatable bonds is 5. The Labute approximate surface area is 389 Å². The molecule has 2 nitrogen and oxygen atoms in total. The minimum absolute atomic E-state index is 0.0526. The number of benzene rings is 9. The van der Waals surface area contributed by atoms with Crippen molar-refractivity contribution in [2.24, 2.45) is 0 Å². The van der Waals surface area contributed by atoms with Crippen molar-refractivity contribution in [1.29, 1.82) is 0 Å². The van der Waals surface area contributed by atoms with Crippen molar-refractivity contribution in [2.45, 2.75) is 63.2 Å². The molecule has 0 saturated carbocycles. The molecule has 0 radical (unpaired) electrons. The molecular weight excluding hydrogens is 799 g/mol. The summed E-state index contributed by atoms with van der Waals surface area (Å²) in [5.74, 6) is 1.74. The van der Waals surface area contributed by atoms with Gasteiger partial charge in [-0.2, -0.15) is 0 Å². The van der Waals surface area contributed by atoms with Crippen molar-refractivity contribution < 1.29 is 4.74 Å².